The summed E-state index contributed by atoms with van der Waals surface area (Å²) in [4.78, 5) is 20.8. The quantitative estimate of drug-likeness (QED) is 0.710. The number of hydrogen-bond donors (Lipinski definition) is 2. The fourth-order valence-corrected chi connectivity index (χ4v) is 2.48. The van der Waals surface area contributed by atoms with E-state index in [4.69, 9.17) is 0 Å². The van der Waals surface area contributed by atoms with Gasteiger partial charge >= 0.3 is 0 Å². The van der Waals surface area contributed by atoms with Gasteiger partial charge in [0, 0.05) is 16.7 Å². The zero-order chi connectivity index (χ0) is 16.7. The van der Waals surface area contributed by atoms with Crippen LogP contribution in [0.1, 0.15) is 42.4 Å². The molecule has 5 nitrogen and oxygen atoms in total. The average molecular weight is 377 g/mol. The molecule has 0 atom stereocenters. The number of nitrogens with one attached hydrogen (secondary N) is 2. The number of halogens is 1. The maximum atomic E-state index is 12.2. The molecule has 0 saturated heterocycles. The highest BCUT2D eigenvalue weighted by Crippen LogP contribution is 2.23. The summed E-state index contributed by atoms with van der Waals surface area (Å²) in [6.07, 6.45) is 3.22. The van der Waals surface area contributed by atoms with E-state index in [9.17, 15) is 4.79 Å². The van der Waals surface area contributed by atoms with Crippen LogP contribution in [0.3, 0.4) is 0 Å². The number of unbranched alkanes of at least 4 members (excludes halogenated alkanes) is 2. The Kier molecular flexibility index (Phi) is 6.52. The second-order valence-electron chi connectivity index (χ2n) is 5.29. The van der Waals surface area contributed by atoms with Crippen molar-refractivity contribution >= 4 is 33.5 Å². The van der Waals surface area contributed by atoms with E-state index >= 15 is 0 Å². The fourth-order valence-electron chi connectivity index (χ4n) is 2.09. The molecule has 122 valence electrons. The van der Waals surface area contributed by atoms with E-state index in [1.807, 2.05) is 31.2 Å². The molecule has 0 aliphatic rings. The van der Waals surface area contributed by atoms with E-state index in [1.165, 1.54) is 0 Å². The van der Waals surface area contributed by atoms with Crippen LogP contribution in [0.4, 0.5) is 11.6 Å². The minimum atomic E-state index is -0.165. The Labute approximate surface area is 145 Å². The first-order valence-electron chi connectivity index (χ1n) is 7.75. The van der Waals surface area contributed by atoms with E-state index in [0.29, 0.717) is 18.2 Å². The molecule has 0 spiro atoms. The number of carbonyl (C=O) groups is 1. The smallest absolute Gasteiger partial charge is 0.270 e. The summed E-state index contributed by atoms with van der Waals surface area (Å²) in [6.45, 7) is 4.65. The molecule has 0 saturated carbocycles. The highest BCUT2D eigenvalue weighted by Gasteiger charge is 2.11. The SMILES string of the molecule is CCCCCNC(=O)c1cc(C)nc(Nc2ccccc2Br)n1. The molecule has 1 heterocycles. The topological polar surface area (TPSA) is 66.9 Å². The second-order valence-corrected chi connectivity index (χ2v) is 6.14. The number of benzene rings is 1. The van der Waals surface area contributed by atoms with Crippen LogP contribution in [0.2, 0.25) is 0 Å². The third-order valence-electron chi connectivity index (χ3n) is 3.27. The standard InChI is InChI=1S/C17H21BrN4O/c1-3-4-7-10-19-16(23)15-11-12(2)20-17(22-15)21-14-9-6-5-8-13(14)18/h5-6,8-9,11H,3-4,7,10H2,1-2H3,(H,19,23)(H,20,21,22). The lowest BCUT2D eigenvalue weighted by atomic mass is 10.2. The van der Waals surface area contributed by atoms with Crippen molar-refractivity contribution in [2.75, 3.05) is 11.9 Å². The molecule has 1 aromatic carbocycles. The van der Waals surface area contributed by atoms with Gasteiger partial charge in [-0.05, 0) is 47.5 Å². The molecule has 1 aromatic heterocycles. The molecule has 2 N–H and O–H groups in total. The van der Waals surface area contributed by atoms with Crippen LogP contribution >= 0.6 is 15.9 Å². The fraction of sp³-hybridized carbons (Fsp3) is 0.353. The predicted octanol–water partition coefficient (Wildman–Crippen LogP) is 4.21. The van der Waals surface area contributed by atoms with Crippen molar-refractivity contribution in [2.24, 2.45) is 0 Å². The maximum Gasteiger partial charge on any atom is 0.270 e. The van der Waals surface area contributed by atoms with E-state index < -0.39 is 0 Å². The number of para-hydroxylation sites is 1. The van der Waals surface area contributed by atoms with Crippen LogP contribution < -0.4 is 10.6 Å². The van der Waals surface area contributed by atoms with Gasteiger partial charge in [0.1, 0.15) is 5.69 Å². The lowest BCUT2D eigenvalue weighted by Crippen LogP contribution is -2.25. The van der Waals surface area contributed by atoms with Crippen LogP contribution in [0.25, 0.3) is 0 Å². The minimum Gasteiger partial charge on any atom is -0.351 e. The summed E-state index contributed by atoms with van der Waals surface area (Å²) in [6, 6.07) is 9.39. The third-order valence-corrected chi connectivity index (χ3v) is 3.96. The molecular formula is C17H21BrN4O. The third kappa shape index (κ3) is 5.32. The summed E-state index contributed by atoms with van der Waals surface area (Å²) >= 11 is 3.47. The van der Waals surface area contributed by atoms with Gasteiger partial charge in [0.05, 0.1) is 5.69 Å². The van der Waals surface area contributed by atoms with Gasteiger partial charge in [-0.25, -0.2) is 9.97 Å². The Balaban J connectivity index is 2.09. The van der Waals surface area contributed by atoms with Crippen molar-refractivity contribution in [3.63, 3.8) is 0 Å². The normalized spacial score (nSPS) is 10.4. The summed E-state index contributed by atoms with van der Waals surface area (Å²) in [5.74, 6) is 0.248. The Hall–Kier alpha value is -1.95. The number of nitrogens with zero attached hydrogens (tertiary/aromatic N) is 2. The molecule has 0 unspecified atom stereocenters. The van der Waals surface area contributed by atoms with Crippen LogP contribution in [-0.4, -0.2) is 22.4 Å². The van der Waals surface area contributed by atoms with Crippen molar-refractivity contribution < 1.29 is 4.79 Å². The van der Waals surface area contributed by atoms with E-state index in [1.54, 1.807) is 6.07 Å². The number of anilines is 2. The molecule has 0 radical (unpaired) electrons. The van der Waals surface area contributed by atoms with Gasteiger partial charge in [-0.15, -0.1) is 0 Å². The number of amides is 1. The zero-order valence-corrected chi connectivity index (χ0v) is 15.0. The Morgan fingerprint density at radius 3 is 2.74 bits per heavy atom. The Morgan fingerprint density at radius 2 is 2.00 bits per heavy atom. The van der Waals surface area contributed by atoms with Gasteiger partial charge in [-0.2, -0.15) is 0 Å². The number of rotatable bonds is 7. The maximum absolute atomic E-state index is 12.2. The summed E-state index contributed by atoms with van der Waals surface area (Å²) in [5.41, 5.74) is 1.98. The Bertz CT molecular complexity index is 675. The van der Waals surface area contributed by atoms with Gasteiger partial charge in [0.2, 0.25) is 5.95 Å². The molecule has 0 aliphatic heterocycles. The van der Waals surface area contributed by atoms with E-state index in [0.717, 1.165) is 35.1 Å². The first-order chi connectivity index (χ1) is 11.1. The molecule has 0 fully saturated rings. The van der Waals surface area contributed by atoms with Gasteiger partial charge in [0.15, 0.2) is 0 Å². The largest absolute Gasteiger partial charge is 0.351 e. The lowest BCUT2D eigenvalue weighted by molar-refractivity contribution is 0.0948. The molecule has 0 aliphatic carbocycles. The number of carbonyl (C=O) groups excluding carboxylic acids is 1. The van der Waals surface area contributed by atoms with Crippen molar-refractivity contribution in [1.29, 1.82) is 0 Å². The second kappa shape index (κ2) is 8.62. The van der Waals surface area contributed by atoms with Gasteiger partial charge < -0.3 is 10.6 Å². The number of aromatic nitrogens is 2. The van der Waals surface area contributed by atoms with Crippen molar-refractivity contribution in [3.8, 4) is 0 Å². The molecule has 2 rings (SSSR count). The highest BCUT2D eigenvalue weighted by molar-refractivity contribution is 9.10. The van der Waals surface area contributed by atoms with Crippen molar-refractivity contribution in [3.05, 3.63) is 46.2 Å². The van der Waals surface area contributed by atoms with Gasteiger partial charge in [-0.1, -0.05) is 31.9 Å². The molecule has 6 heteroatoms. The Morgan fingerprint density at radius 1 is 1.22 bits per heavy atom. The van der Waals surface area contributed by atoms with Crippen molar-refractivity contribution in [2.45, 2.75) is 33.1 Å². The molecule has 0 bridgehead atoms. The lowest BCUT2D eigenvalue weighted by Gasteiger charge is -2.10. The van der Waals surface area contributed by atoms with Gasteiger partial charge in [0.25, 0.3) is 5.91 Å². The van der Waals surface area contributed by atoms with Gasteiger partial charge in [-0.3, -0.25) is 4.79 Å². The molecule has 2 aromatic rings. The molecule has 1 amide bonds. The average Bonchev–Trinajstić information content (AvgIpc) is 2.53. The van der Waals surface area contributed by atoms with E-state index in [2.05, 4.69) is 43.5 Å². The first kappa shape index (κ1) is 17.4. The van der Waals surface area contributed by atoms with Crippen LogP contribution in [0.5, 0.6) is 0 Å². The molecule has 23 heavy (non-hydrogen) atoms. The monoisotopic (exact) mass is 376 g/mol. The number of aryl methyl sites for hydroxylation is 1. The predicted molar refractivity (Wildman–Crippen MR) is 96.1 cm³/mol. The van der Waals surface area contributed by atoms with Crippen LogP contribution in [0, 0.1) is 6.92 Å². The van der Waals surface area contributed by atoms with Crippen LogP contribution in [-0.2, 0) is 0 Å². The summed E-state index contributed by atoms with van der Waals surface area (Å²) < 4.78 is 0.913. The van der Waals surface area contributed by atoms with Crippen LogP contribution in [0.15, 0.2) is 34.8 Å². The zero-order valence-electron chi connectivity index (χ0n) is 13.4. The summed E-state index contributed by atoms with van der Waals surface area (Å²) in [5, 5.41) is 6.03. The highest BCUT2D eigenvalue weighted by atomic mass is 79.9. The number of hydrogen-bond acceptors (Lipinski definition) is 4. The van der Waals surface area contributed by atoms with Crippen molar-refractivity contribution in [1.82, 2.24) is 15.3 Å². The van der Waals surface area contributed by atoms with E-state index in [-0.39, 0.29) is 5.91 Å². The minimum absolute atomic E-state index is 0.165. The first-order valence-corrected chi connectivity index (χ1v) is 8.55. The summed E-state index contributed by atoms with van der Waals surface area (Å²) in [7, 11) is 0. The molecular weight excluding hydrogens is 356 g/mol.